The summed E-state index contributed by atoms with van der Waals surface area (Å²) >= 11 is 0. The summed E-state index contributed by atoms with van der Waals surface area (Å²) in [6, 6.07) is 26.6. The van der Waals surface area contributed by atoms with Crippen molar-refractivity contribution in [2.24, 2.45) is 5.92 Å². The second kappa shape index (κ2) is 18.4. The minimum Gasteiger partial charge on any atom is -0.453 e. The Morgan fingerprint density at radius 3 is 1.93 bits per heavy atom. The fourth-order valence-corrected chi connectivity index (χ4v) is 11.4. The first-order chi connectivity index (χ1) is 34.0. The predicted octanol–water partition coefficient (Wildman–Crippen LogP) is 9.23. The second-order valence-electron chi connectivity index (χ2n) is 19.6. The third-order valence-corrected chi connectivity index (χ3v) is 15.0. The Labute approximate surface area is 404 Å². The van der Waals surface area contributed by atoms with Gasteiger partial charge in [0.1, 0.15) is 23.7 Å². The Kier molecular flexibility index (Phi) is 11.9. The Morgan fingerprint density at radius 1 is 0.700 bits per heavy atom. The zero-order valence-electron chi connectivity index (χ0n) is 39.9. The van der Waals surface area contributed by atoms with E-state index < -0.39 is 36.1 Å². The molecule has 1 spiro atoms. The maximum atomic E-state index is 14.5. The van der Waals surface area contributed by atoms with Crippen molar-refractivity contribution in [2.75, 3.05) is 40.5 Å². The number of nitrogens with zero attached hydrogens (tertiary/aromatic N) is 4. The fourth-order valence-electron chi connectivity index (χ4n) is 11.4. The standard InChI is InChI=1S/C54H58N8O8/c1-30(2)44(59-52(65)67-3)50(63)62-29-54(69-23-24-70-54)28-43(62)49-56-41-21-17-36-26-34(15-19-39(36)47(41)58-49)33-14-18-38-35(25-33)16-20-40-46(38)57-48(55-40)42-13-8-22-61(42)51(64)45(60-53(66)68-4)37-12-7-11-32(27-37)31-9-5-6-10-31/h7,11-12,14-21,25-27,30-31,42-45H,5-6,8-10,13,22-24,28-29H2,1-4H3,(H,55,57)(H,56,58)(H,59,65)(H,60,66)/t42-,43-,44-,45+/m0/s1. The van der Waals surface area contributed by atoms with Gasteiger partial charge in [0, 0.05) is 23.7 Å². The van der Waals surface area contributed by atoms with Gasteiger partial charge in [0.05, 0.1) is 68.1 Å². The number of H-pyrrole nitrogens is 2. The lowest BCUT2D eigenvalue weighted by Crippen LogP contribution is -2.52. The first kappa shape index (κ1) is 45.4. The SMILES string of the molecule is COC(=O)N[C@H](C(=O)N1CC2(C[C@H]1c1nc3ccc4cc(-c5ccc6c(ccc7nc([C@@H]8CCCN8C(=O)[C@H](NC(=O)OC)c8cccc(C9CCCC9)c8)[nH]c76)c5)ccc4c3[nH]1)OCCO2)C(C)C. The number of ether oxygens (including phenoxy) is 4. The highest BCUT2D eigenvalue weighted by Crippen LogP contribution is 2.44. The van der Waals surface area contributed by atoms with Gasteiger partial charge >= 0.3 is 12.2 Å². The van der Waals surface area contributed by atoms with Gasteiger partial charge in [0.15, 0.2) is 5.79 Å². The lowest BCUT2D eigenvalue weighted by molar-refractivity contribution is -0.153. The number of aromatic amines is 2. The van der Waals surface area contributed by atoms with E-state index in [1.165, 1.54) is 32.6 Å². The largest absolute Gasteiger partial charge is 0.453 e. The Hall–Kier alpha value is -7.04. The van der Waals surface area contributed by atoms with Gasteiger partial charge in [0.25, 0.3) is 5.91 Å². The first-order valence-corrected chi connectivity index (χ1v) is 24.5. The summed E-state index contributed by atoms with van der Waals surface area (Å²) in [4.78, 5) is 74.6. The Balaban J connectivity index is 0.858. The van der Waals surface area contributed by atoms with Crippen LogP contribution < -0.4 is 10.6 Å². The van der Waals surface area contributed by atoms with Crippen LogP contribution in [0.15, 0.2) is 84.9 Å². The number of carbonyl (C=O) groups excluding carboxylic acids is 4. The lowest BCUT2D eigenvalue weighted by Gasteiger charge is -2.30. The minimum absolute atomic E-state index is 0.184. The summed E-state index contributed by atoms with van der Waals surface area (Å²) in [5.74, 6) is 0.197. The highest BCUT2D eigenvalue weighted by Gasteiger charge is 2.53. The lowest BCUT2D eigenvalue weighted by atomic mass is 9.93. The zero-order chi connectivity index (χ0) is 48.3. The van der Waals surface area contributed by atoms with E-state index in [0.29, 0.717) is 37.9 Å². The van der Waals surface area contributed by atoms with Crippen LogP contribution in [0, 0.1) is 5.92 Å². The number of imidazole rings is 2. The van der Waals surface area contributed by atoms with Crippen LogP contribution in [0.5, 0.6) is 0 Å². The van der Waals surface area contributed by atoms with Gasteiger partial charge in [-0.15, -0.1) is 0 Å². The number of fused-ring (bicyclic) bond motifs is 6. The van der Waals surface area contributed by atoms with E-state index >= 15 is 0 Å². The van der Waals surface area contributed by atoms with E-state index in [2.05, 4.69) is 81.3 Å². The molecule has 7 aromatic rings. The molecule has 16 heteroatoms. The van der Waals surface area contributed by atoms with Crippen molar-refractivity contribution >= 4 is 67.6 Å². The molecule has 0 bridgehead atoms. The van der Waals surface area contributed by atoms with Crippen LogP contribution in [0.3, 0.4) is 0 Å². The number of aromatic nitrogens is 4. The quantitative estimate of drug-likeness (QED) is 0.103. The molecule has 4 atom stereocenters. The summed E-state index contributed by atoms with van der Waals surface area (Å²) in [5.41, 5.74) is 7.41. The number of benzene rings is 5. The van der Waals surface area contributed by atoms with Crippen LogP contribution in [0.2, 0.25) is 0 Å². The molecule has 0 unspecified atom stereocenters. The van der Waals surface area contributed by atoms with Crippen LogP contribution in [0.1, 0.15) is 106 Å². The number of amides is 4. The molecule has 362 valence electrons. The molecule has 4 fully saturated rings. The summed E-state index contributed by atoms with van der Waals surface area (Å²) in [6.45, 7) is 5.38. The smallest absolute Gasteiger partial charge is 0.407 e. The molecule has 4 N–H and O–H groups in total. The molecule has 11 rings (SSSR count). The van der Waals surface area contributed by atoms with E-state index in [1.54, 1.807) is 4.90 Å². The number of nitrogens with one attached hydrogen (secondary N) is 4. The topological polar surface area (TPSA) is 193 Å². The first-order valence-electron chi connectivity index (χ1n) is 24.5. The number of methoxy groups -OCH3 is 2. The molecule has 3 aliphatic heterocycles. The van der Waals surface area contributed by atoms with Gasteiger partial charge in [-0.05, 0) is 94.8 Å². The molecule has 16 nitrogen and oxygen atoms in total. The second-order valence-corrected chi connectivity index (χ2v) is 19.6. The highest BCUT2D eigenvalue weighted by molar-refractivity contribution is 6.07. The van der Waals surface area contributed by atoms with Crippen molar-refractivity contribution in [1.82, 2.24) is 40.4 Å². The number of likely N-dealkylation sites (tertiary alicyclic amines) is 2. The van der Waals surface area contributed by atoms with Crippen LogP contribution in [0.4, 0.5) is 9.59 Å². The number of carbonyl (C=O) groups is 4. The number of alkyl carbamates (subject to hydrolysis) is 2. The average molecular weight is 947 g/mol. The Bertz CT molecular complexity index is 3170. The average Bonchev–Trinajstić information content (AvgIpc) is 4.25. The number of hydrogen-bond donors (Lipinski definition) is 4. The molecular formula is C54H58N8O8. The van der Waals surface area contributed by atoms with Crippen LogP contribution in [-0.2, 0) is 28.5 Å². The van der Waals surface area contributed by atoms with Crippen LogP contribution >= 0.6 is 0 Å². The molecule has 5 aromatic carbocycles. The maximum absolute atomic E-state index is 14.5. The number of rotatable bonds is 10. The molecule has 70 heavy (non-hydrogen) atoms. The van der Waals surface area contributed by atoms with E-state index in [1.807, 2.05) is 43.0 Å². The van der Waals surface area contributed by atoms with Gasteiger partial charge in [0.2, 0.25) is 5.91 Å². The third-order valence-electron chi connectivity index (χ3n) is 15.0. The molecule has 3 saturated heterocycles. The molecule has 1 saturated carbocycles. The summed E-state index contributed by atoms with van der Waals surface area (Å²) < 4.78 is 22.1. The van der Waals surface area contributed by atoms with Gasteiger partial charge < -0.3 is 49.3 Å². The fraction of sp³-hybridized carbons (Fsp3) is 0.407. The molecule has 4 amide bonds. The third kappa shape index (κ3) is 8.25. The molecule has 2 aromatic heterocycles. The molecule has 4 aliphatic rings. The van der Waals surface area contributed by atoms with Crippen molar-refractivity contribution in [3.05, 3.63) is 108 Å². The van der Waals surface area contributed by atoms with Gasteiger partial charge in [-0.2, -0.15) is 0 Å². The monoisotopic (exact) mass is 946 g/mol. The van der Waals surface area contributed by atoms with E-state index in [-0.39, 0.29) is 30.3 Å². The summed E-state index contributed by atoms with van der Waals surface area (Å²) in [7, 11) is 2.59. The van der Waals surface area contributed by atoms with Crippen molar-refractivity contribution < 1.29 is 38.1 Å². The van der Waals surface area contributed by atoms with Crippen molar-refractivity contribution in [1.29, 1.82) is 0 Å². The summed E-state index contributed by atoms with van der Waals surface area (Å²) in [6.07, 6.45) is 5.29. The predicted molar refractivity (Wildman–Crippen MR) is 264 cm³/mol. The van der Waals surface area contributed by atoms with E-state index in [0.717, 1.165) is 91.8 Å². The maximum Gasteiger partial charge on any atom is 0.407 e. The van der Waals surface area contributed by atoms with Crippen LogP contribution in [0.25, 0.3) is 54.7 Å². The van der Waals surface area contributed by atoms with Gasteiger partial charge in [-0.3, -0.25) is 9.59 Å². The molecule has 0 radical (unpaired) electrons. The van der Waals surface area contributed by atoms with E-state index in [4.69, 9.17) is 28.9 Å². The van der Waals surface area contributed by atoms with Gasteiger partial charge in [-0.1, -0.05) is 87.4 Å². The van der Waals surface area contributed by atoms with E-state index in [9.17, 15) is 19.2 Å². The van der Waals surface area contributed by atoms with Crippen LogP contribution in [-0.4, -0.2) is 106 Å². The summed E-state index contributed by atoms with van der Waals surface area (Å²) in [5, 5.41) is 9.65. The highest BCUT2D eigenvalue weighted by atomic mass is 16.7. The zero-order valence-corrected chi connectivity index (χ0v) is 39.9. The minimum atomic E-state index is -0.955. The molecule has 1 aliphatic carbocycles. The molecule has 5 heterocycles. The van der Waals surface area contributed by atoms with Crippen molar-refractivity contribution in [2.45, 2.75) is 94.7 Å². The van der Waals surface area contributed by atoms with Gasteiger partial charge in [-0.25, -0.2) is 19.6 Å². The van der Waals surface area contributed by atoms with Crippen molar-refractivity contribution in [3.8, 4) is 11.1 Å². The number of hydrogen-bond acceptors (Lipinski definition) is 10. The normalized spacial score (nSPS) is 20.1. The molecular weight excluding hydrogens is 889 g/mol. The Morgan fingerprint density at radius 2 is 1.31 bits per heavy atom. The van der Waals surface area contributed by atoms with Crippen molar-refractivity contribution in [3.63, 3.8) is 0 Å².